The summed E-state index contributed by atoms with van der Waals surface area (Å²) < 4.78 is 14.7. The van der Waals surface area contributed by atoms with Crippen molar-refractivity contribution < 1.29 is 9.18 Å². The number of hydrogen-bond acceptors (Lipinski definition) is 3. The molecule has 22 heavy (non-hydrogen) atoms. The molecule has 120 valence electrons. The van der Waals surface area contributed by atoms with Crippen LogP contribution in [0.25, 0.3) is 10.1 Å². The first-order chi connectivity index (χ1) is 9.96. The largest absolute Gasteiger partial charge is 0.345 e. The van der Waals surface area contributed by atoms with E-state index in [0.29, 0.717) is 28.3 Å². The quantitative estimate of drug-likeness (QED) is 0.891. The molecule has 1 fully saturated rings. The Kier molecular flexibility index (Phi) is 4.80. The van der Waals surface area contributed by atoms with E-state index in [4.69, 9.17) is 5.73 Å². The number of aryl methyl sites for hydroxylation is 1. The third-order valence-electron chi connectivity index (χ3n) is 4.41. The van der Waals surface area contributed by atoms with E-state index in [2.05, 4.69) is 5.32 Å². The minimum absolute atomic E-state index is 0. The monoisotopic (exact) mass is 342 g/mol. The third-order valence-corrected chi connectivity index (χ3v) is 5.67. The van der Waals surface area contributed by atoms with Crippen LogP contribution in [0.4, 0.5) is 4.39 Å². The van der Waals surface area contributed by atoms with Crippen LogP contribution in [0, 0.1) is 18.7 Å². The zero-order chi connectivity index (χ0) is 15.2. The van der Waals surface area contributed by atoms with E-state index in [0.717, 1.165) is 17.5 Å². The molecule has 3 N–H and O–H groups in total. The van der Waals surface area contributed by atoms with Gasteiger partial charge in [0.2, 0.25) is 0 Å². The van der Waals surface area contributed by atoms with Gasteiger partial charge in [-0.1, -0.05) is 6.07 Å². The SMILES string of the molecule is Cc1c(C(=O)NC(C)(CN)C2CC2)sc2cccc(F)c12.Cl. The van der Waals surface area contributed by atoms with Crippen molar-refractivity contribution in [2.24, 2.45) is 11.7 Å². The molecule has 1 aliphatic rings. The van der Waals surface area contributed by atoms with Gasteiger partial charge in [0.25, 0.3) is 5.91 Å². The minimum Gasteiger partial charge on any atom is -0.345 e. The summed E-state index contributed by atoms with van der Waals surface area (Å²) in [4.78, 5) is 13.2. The lowest BCUT2D eigenvalue weighted by Crippen LogP contribution is -2.53. The number of thiophene rings is 1. The number of rotatable bonds is 4. The van der Waals surface area contributed by atoms with Crippen LogP contribution in [0.15, 0.2) is 18.2 Å². The van der Waals surface area contributed by atoms with Gasteiger partial charge in [0.1, 0.15) is 5.82 Å². The molecule has 1 aromatic heterocycles. The van der Waals surface area contributed by atoms with Gasteiger partial charge >= 0.3 is 0 Å². The summed E-state index contributed by atoms with van der Waals surface area (Å²) in [5.41, 5.74) is 6.19. The molecule has 1 atom stereocenters. The third kappa shape index (κ3) is 2.85. The highest BCUT2D eigenvalue weighted by Gasteiger charge is 2.42. The maximum Gasteiger partial charge on any atom is 0.262 e. The summed E-state index contributed by atoms with van der Waals surface area (Å²) >= 11 is 1.34. The highest BCUT2D eigenvalue weighted by Crippen LogP contribution is 2.40. The van der Waals surface area contributed by atoms with Crippen LogP contribution in [-0.2, 0) is 0 Å². The van der Waals surface area contributed by atoms with Crippen molar-refractivity contribution in [3.8, 4) is 0 Å². The van der Waals surface area contributed by atoms with Gasteiger partial charge in [-0.25, -0.2) is 4.39 Å². The molecule has 0 bridgehead atoms. The highest BCUT2D eigenvalue weighted by atomic mass is 35.5. The number of carbonyl (C=O) groups is 1. The van der Waals surface area contributed by atoms with Crippen molar-refractivity contribution in [3.05, 3.63) is 34.5 Å². The summed E-state index contributed by atoms with van der Waals surface area (Å²) in [5, 5.41) is 3.62. The van der Waals surface area contributed by atoms with Gasteiger partial charge in [0, 0.05) is 16.6 Å². The number of nitrogens with two attached hydrogens (primary N) is 1. The van der Waals surface area contributed by atoms with Gasteiger partial charge in [-0.3, -0.25) is 4.79 Å². The highest BCUT2D eigenvalue weighted by molar-refractivity contribution is 7.21. The first kappa shape index (κ1) is 17.2. The number of hydrogen-bond donors (Lipinski definition) is 2. The van der Waals surface area contributed by atoms with Crippen molar-refractivity contribution in [1.29, 1.82) is 0 Å². The second kappa shape index (κ2) is 6.14. The zero-order valence-corrected chi connectivity index (χ0v) is 14.2. The van der Waals surface area contributed by atoms with Gasteiger partial charge in [-0.05, 0) is 50.3 Å². The Labute approximate surface area is 139 Å². The maximum absolute atomic E-state index is 13.9. The van der Waals surface area contributed by atoms with E-state index < -0.39 is 0 Å². The molecule has 0 spiro atoms. The van der Waals surface area contributed by atoms with Crippen molar-refractivity contribution in [2.45, 2.75) is 32.2 Å². The second-order valence-electron chi connectivity index (χ2n) is 6.02. The Morgan fingerprint density at radius 2 is 2.18 bits per heavy atom. The predicted octanol–water partition coefficient (Wildman–Crippen LogP) is 3.63. The first-order valence-electron chi connectivity index (χ1n) is 7.16. The van der Waals surface area contributed by atoms with Crippen LogP contribution >= 0.6 is 23.7 Å². The molecule has 1 unspecified atom stereocenters. The minimum atomic E-state index is -0.363. The lowest BCUT2D eigenvalue weighted by Gasteiger charge is -2.29. The summed E-state index contributed by atoms with van der Waals surface area (Å²) in [7, 11) is 0. The zero-order valence-electron chi connectivity index (χ0n) is 12.6. The summed E-state index contributed by atoms with van der Waals surface area (Å²) in [6, 6.07) is 4.94. The molecular weight excluding hydrogens is 323 g/mol. The average Bonchev–Trinajstić information content (AvgIpc) is 3.24. The normalized spacial score (nSPS) is 16.9. The second-order valence-corrected chi connectivity index (χ2v) is 7.07. The first-order valence-corrected chi connectivity index (χ1v) is 7.98. The number of nitrogens with one attached hydrogen (secondary N) is 1. The van der Waals surface area contributed by atoms with E-state index >= 15 is 0 Å². The van der Waals surface area contributed by atoms with E-state index in [-0.39, 0.29) is 29.7 Å². The Balaban J connectivity index is 0.00000176. The van der Waals surface area contributed by atoms with Gasteiger partial charge in [-0.2, -0.15) is 0 Å². The Morgan fingerprint density at radius 1 is 1.50 bits per heavy atom. The fraction of sp³-hybridized carbons (Fsp3) is 0.438. The van der Waals surface area contributed by atoms with E-state index in [1.165, 1.54) is 17.4 Å². The van der Waals surface area contributed by atoms with Gasteiger partial charge in [0.15, 0.2) is 0 Å². The summed E-state index contributed by atoms with van der Waals surface area (Å²) in [5.74, 6) is 0.0369. The van der Waals surface area contributed by atoms with Crippen LogP contribution in [0.3, 0.4) is 0 Å². The van der Waals surface area contributed by atoms with E-state index in [1.54, 1.807) is 13.0 Å². The molecular formula is C16H20ClFN2OS. The van der Waals surface area contributed by atoms with Crippen molar-refractivity contribution in [2.75, 3.05) is 6.54 Å². The van der Waals surface area contributed by atoms with E-state index in [1.807, 2.05) is 13.0 Å². The molecule has 0 aliphatic heterocycles. The molecule has 0 radical (unpaired) electrons. The lowest BCUT2D eigenvalue weighted by atomic mass is 9.95. The Bertz CT molecular complexity index is 713. The summed E-state index contributed by atoms with van der Waals surface area (Å²) in [6.45, 7) is 4.21. The van der Waals surface area contributed by atoms with Gasteiger partial charge < -0.3 is 11.1 Å². The van der Waals surface area contributed by atoms with Crippen LogP contribution < -0.4 is 11.1 Å². The molecule has 3 rings (SSSR count). The van der Waals surface area contributed by atoms with Crippen LogP contribution in [0.5, 0.6) is 0 Å². The maximum atomic E-state index is 13.9. The number of benzene rings is 1. The average molecular weight is 343 g/mol. The number of amides is 1. The molecule has 1 heterocycles. The predicted molar refractivity (Wildman–Crippen MR) is 91.4 cm³/mol. The number of fused-ring (bicyclic) bond motifs is 1. The number of carbonyl (C=O) groups excluding carboxylic acids is 1. The summed E-state index contributed by atoms with van der Waals surface area (Å²) in [6.07, 6.45) is 2.21. The van der Waals surface area contributed by atoms with Crippen molar-refractivity contribution >= 4 is 39.7 Å². The molecule has 1 aromatic carbocycles. The fourth-order valence-electron chi connectivity index (χ4n) is 2.83. The Morgan fingerprint density at radius 3 is 2.73 bits per heavy atom. The van der Waals surface area contributed by atoms with E-state index in [9.17, 15) is 9.18 Å². The van der Waals surface area contributed by atoms with Crippen LogP contribution in [0.1, 0.15) is 35.0 Å². The standard InChI is InChI=1S/C16H19FN2OS.ClH/c1-9-13-11(17)4-3-5-12(13)21-14(9)15(20)19-16(2,8-18)10-6-7-10;/h3-5,10H,6-8,18H2,1-2H3,(H,19,20);1H. The molecule has 3 nitrogen and oxygen atoms in total. The molecule has 6 heteroatoms. The van der Waals surface area contributed by atoms with Crippen molar-refractivity contribution in [1.82, 2.24) is 5.32 Å². The topological polar surface area (TPSA) is 55.1 Å². The smallest absolute Gasteiger partial charge is 0.262 e. The van der Waals surface area contributed by atoms with Gasteiger partial charge in [-0.15, -0.1) is 23.7 Å². The van der Waals surface area contributed by atoms with Crippen molar-refractivity contribution in [3.63, 3.8) is 0 Å². The number of halogens is 2. The van der Waals surface area contributed by atoms with Crippen LogP contribution in [-0.4, -0.2) is 18.0 Å². The molecule has 0 saturated heterocycles. The Hall–Kier alpha value is -1.17. The lowest BCUT2D eigenvalue weighted by molar-refractivity contribution is 0.0901. The van der Waals surface area contributed by atoms with Gasteiger partial charge in [0.05, 0.1) is 10.4 Å². The molecule has 2 aromatic rings. The molecule has 1 aliphatic carbocycles. The molecule has 1 amide bonds. The fourth-order valence-corrected chi connectivity index (χ4v) is 3.94. The van der Waals surface area contributed by atoms with Crippen LogP contribution in [0.2, 0.25) is 0 Å². The molecule has 1 saturated carbocycles.